The van der Waals surface area contributed by atoms with Crippen LogP contribution in [0.15, 0.2) is 70.4 Å². The van der Waals surface area contributed by atoms with Crippen molar-refractivity contribution in [2.75, 3.05) is 6.26 Å². The molecule has 0 saturated heterocycles. The Kier molecular flexibility index (Phi) is 5.59. The van der Waals surface area contributed by atoms with Crippen molar-refractivity contribution >= 4 is 26.8 Å². The van der Waals surface area contributed by atoms with Crippen molar-refractivity contribution in [3.8, 4) is 5.69 Å². The SMILES string of the molecule is Cc1ccc2c(=O)c(Cc3ccc(S(C)(=O)=O)cc3)c(C(=O)O)n(-c3cccc(F)c3)c2n1. The highest BCUT2D eigenvalue weighted by Gasteiger charge is 2.24. The standard InChI is InChI=1S/C24H19FN2O5S/c1-14-6-11-19-22(28)20(12-15-7-9-18(10-8-15)33(2,31)32)21(24(29)30)27(23(19)26-14)17-5-3-4-16(25)13-17/h3-11,13H,12H2,1-2H3,(H,29,30). The molecule has 0 aliphatic heterocycles. The van der Waals surface area contributed by atoms with E-state index in [0.29, 0.717) is 11.3 Å². The largest absolute Gasteiger partial charge is 0.477 e. The van der Waals surface area contributed by atoms with Crippen LogP contribution in [0.3, 0.4) is 0 Å². The van der Waals surface area contributed by atoms with Gasteiger partial charge in [-0.1, -0.05) is 18.2 Å². The highest BCUT2D eigenvalue weighted by molar-refractivity contribution is 7.90. The third-order valence-electron chi connectivity index (χ3n) is 5.26. The van der Waals surface area contributed by atoms with Gasteiger partial charge in [0.15, 0.2) is 15.3 Å². The van der Waals surface area contributed by atoms with Gasteiger partial charge in [-0.15, -0.1) is 0 Å². The van der Waals surface area contributed by atoms with E-state index in [1.807, 2.05) is 0 Å². The number of rotatable bonds is 5. The molecule has 0 radical (unpaired) electrons. The van der Waals surface area contributed by atoms with Gasteiger partial charge in [0.25, 0.3) is 0 Å². The molecule has 0 aliphatic carbocycles. The Bertz CT molecular complexity index is 1580. The average Bonchev–Trinajstić information content (AvgIpc) is 2.74. The fourth-order valence-electron chi connectivity index (χ4n) is 3.72. The first kappa shape index (κ1) is 22.3. The number of aromatic carboxylic acids is 1. The molecule has 2 aromatic carbocycles. The van der Waals surface area contributed by atoms with Gasteiger partial charge in [0, 0.05) is 23.9 Å². The first-order chi connectivity index (χ1) is 15.6. The molecule has 0 fully saturated rings. The van der Waals surface area contributed by atoms with Crippen molar-refractivity contribution in [1.29, 1.82) is 0 Å². The molecule has 0 spiro atoms. The van der Waals surface area contributed by atoms with E-state index in [9.17, 15) is 27.5 Å². The number of carboxylic acids is 1. The van der Waals surface area contributed by atoms with E-state index in [1.54, 1.807) is 19.1 Å². The summed E-state index contributed by atoms with van der Waals surface area (Å²) in [5.74, 6) is -1.94. The quantitative estimate of drug-likeness (QED) is 0.482. The van der Waals surface area contributed by atoms with Gasteiger partial charge < -0.3 is 5.11 Å². The molecule has 4 rings (SSSR count). The molecule has 9 heteroatoms. The van der Waals surface area contributed by atoms with Crippen LogP contribution in [0.5, 0.6) is 0 Å². The number of nitrogens with zero attached hydrogens (tertiary/aromatic N) is 2. The second-order valence-electron chi connectivity index (χ2n) is 7.69. The summed E-state index contributed by atoms with van der Waals surface area (Å²) in [5, 5.41) is 10.3. The Hall–Kier alpha value is -3.85. The fourth-order valence-corrected chi connectivity index (χ4v) is 4.35. The molecule has 168 valence electrons. The molecule has 1 N–H and O–H groups in total. The lowest BCUT2D eigenvalue weighted by molar-refractivity contribution is 0.0686. The molecule has 0 amide bonds. The number of halogens is 1. The van der Waals surface area contributed by atoms with Gasteiger partial charge in [-0.2, -0.15) is 0 Å². The molecule has 0 saturated carbocycles. The average molecular weight is 466 g/mol. The summed E-state index contributed by atoms with van der Waals surface area (Å²) in [6, 6.07) is 14.5. The van der Waals surface area contributed by atoms with E-state index < -0.39 is 27.1 Å². The van der Waals surface area contributed by atoms with E-state index in [4.69, 9.17) is 0 Å². The lowest BCUT2D eigenvalue weighted by atomic mass is 10.00. The van der Waals surface area contributed by atoms with Gasteiger partial charge >= 0.3 is 5.97 Å². The molecule has 33 heavy (non-hydrogen) atoms. The zero-order valence-corrected chi connectivity index (χ0v) is 18.6. The summed E-state index contributed by atoms with van der Waals surface area (Å²) >= 11 is 0. The summed E-state index contributed by atoms with van der Waals surface area (Å²) in [6.45, 7) is 1.71. The molecular weight excluding hydrogens is 447 g/mol. The number of carbonyl (C=O) groups is 1. The van der Waals surface area contributed by atoms with Crippen molar-refractivity contribution in [2.45, 2.75) is 18.2 Å². The van der Waals surface area contributed by atoms with Crippen LogP contribution in [0, 0.1) is 12.7 Å². The predicted octanol–water partition coefficient (Wildman–Crippen LogP) is 3.53. The molecule has 0 aliphatic rings. The van der Waals surface area contributed by atoms with Crippen molar-refractivity contribution in [2.24, 2.45) is 0 Å². The lowest BCUT2D eigenvalue weighted by Gasteiger charge is -2.18. The van der Waals surface area contributed by atoms with Crippen molar-refractivity contribution in [1.82, 2.24) is 9.55 Å². The van der Waals surface area contributed by atoms with Crippen molar-refractivity contribution < 1.29 is 22.7 Å². The minimum atomic E-state index is -3.41. The smallest absolute Gasteiger partial charge is 0.353 e. The number of hydrogen-bond donors (Lipinski definition) is 1. The number of hydrogen-bond acceptors (Lipinski definition) is 5. The third-order valence-corrected chi connectivity index (χ3v) is 6.38. The minimum Gasteiger partial charge on any atom is -0.477 e. The van der Waals surface area contributed by atoms with Gasteiger partial charge in [0.1, 0.15) is 17.2 Å². The van der Waals surface area contributed by atoms with Crippen molar-refractivity contribution in [3.05, 3.63) is 99.2 Å². The van der Waals surface area contributed by atoms with Crippen LogP contribution in [0.4, 0.5) is 4.39 Å². The normalized spacial score (nSPS) is 11.6. The van der Waals surface area contributed by atoms with Crippen LogP contribution >= 0.6 is 0 Å². The van der Waals surface area contributed by atoms with Gasteiger partial charge in [-0.25, -0.2) is 22.6 Å². The van der Waals surface area contributed by atoms with E-state index in [1.165, 1.54) is 53.1 Å². The molecule has 2 aromatic heterocycles. The third kappa shape index (κ3) is 4.27. The zero-order valence-electron chi connectivity index (χ0n) is 17.7. The van der Waals surface area contributed by atoms with Crippen LogP contribution in [0.1, 0.15) is 27.3 Å². The number of pyridine rings is 2. The second kappa shape index (κ2) is 8.25. The summed E-state index contributed by atoms with van der Waals surface area (Å²) in [4.78, 5) is 30.3. The highest BCUT2D eigenvalue weighted by atomic mass is 32.2. The Balaban J connectivity index is 2.03. The fraction of sp³-hybridized carbons (Fsp3) is 0.125. The van der Waals surface area contributed by atoms with Crippen LogP contribution in [0.25, 0.3) is 16.7 Å². The van der Waals surface area contributed by atoms with E-state index in [2.05, 4.69) is 4.98 Å². The molecule has 0 unspecified atom stereocenters. The van der Waals surface area contributed by atoms with Crippen LogP contribution in [-0.2, 0) is 16.3 Å². The number of carboxylic acid groups (broad SMARTS) is 1. The van der Waals surface area contributed by atoms with Crippen molar-refractivity contribution in [3.63, 3.8) is 0 Å². The van der Waals surface area contributed by atoms with Crippen LogP contribution < -0.4 is 5.43 Å². The van der Waals surface area contributed by atoms with E-state index in [0.717, 1.165) is 6.26 Å². The van der Waals surface area contributed by atoms with Gasteiger partial charge in [-0.05, 0) is 55.0 Å². The molecule has 2 heterocycles. The maximum atomic E-state index is 14.0. The second-order valence-corrected chi connectivity index (χ2v) is 9.71. The molecule has 4 aromatic rings. The van der Waals surface area contributed by atoms with Gasteiger partial charge in [-0.3, -0.25) is 9.36 Å². The molecular formula is C24H19FN2O5S. The predicted molar refractivity (Wildman–Crippen MR) is 121 cm³/mol. The van der Waals surface area contributed by atoms with E-state index in [-0.39, 0.29) is 39.3 Å². The Morgan fingerprint density at radius 1 is 1.09 bits per heavy atom. The Morgan fingerprint density at radius 3 is 2.39 bits per heavy atom. The number of fused-ring (bicyclic) bond motifs is 1. The Morgan fingerprint density at radius 2 is 1.79 bits per heavy atom. The summed E-state index contributed by atoms with van der Waals surface area (Å²) < 4.78 is 38.8. The maximum Gasteiger partial charge on any atom is 0.353 e. The molecule has 7 nitrogen and oxygen atoms in total. The topological polar surface area (TPSA) is 106 Å². The highest BCUT2D eigenvalue weighted by Crippen LogP contribution is 2.24. The number of benzene rings is 2. The van der Waals surface area contributed by atoms with Gasteiger partial charge in [0.2, 0.25) is 0 Å². The maximum absolute atomic E-state index is 14.0. The number of aromatic nitrogens is 2. The summed E-state index contributed by atoms with van der Waals surface area (Å²) in [6.07, 6.45) is 1.02. The van der Waals surface area contributed by atoms with Crippen LogP contribution in [0.2, 0.25) is 0 Å². The Labute approximate surface area is 188 Å². The molecule has 0 bridgehead atoms. The van der Waals surface area contributed by atoms with Crippen LogP contribution in [-0.4, -0.2) is 35.3 Å². The number of aryl methyl sites for hydroxylation is 1. The van der Waals surface area contributed by atoms with Gasteiger partial charge in [0.05, 0.1) is 16.0 Å². The first-order valence-corrected chi connectivity index (χ1v) is 11.8. The molecule has 0 atom stereocenters. The summed E-state index contributed by atoms with van der Waals surface area (Å²) in [7, 11) is -3.41. The zero-order chi connectivity index (χ0) is 23.9. The monoisotopic (exact) mass is 466 g/mol. The van der Waals surface area contributed by atoms with E-state index >= 15 is 0 Å². The minimum absolute atomic E-state index is 0.0166. The number of sulfone groups is 1. The summed E-state index contributed by atoms with van der Waals surface area (Å²) in [5.41, 5.74) is 0.582. The first-order valence-electron chi connectivity index (χ1n) is 9.90. The lowest BCUT2D eigenvalue weighted by Crippen LogP contribution is -2.24.